The Morgan fingerprint density at radius 1 is 0.264 bits per heavy atom. The molecule has 1 atom stereocenters. The molecule has 0 aromatic heterocycles. The van der Waals surface area contributed by atoms with E-state index in [-0.39, 0.29) is 31.1 Å². The van der Waals surface area contributed by atoms with Crippen molar-refractivity contribution in [3.63, 3.8) is 0 Å². The van der Waals surface area contributed by atoms with Crippen molar-refractivity contribution in [1.82, 2.24) is 0 Å². The zero-order chi connectivity index (χ0) is 52.5. The smallest absolute Gasteiger partial charge is 0.306 e. The molecular formula is C66H128O6. The van der Waals surface area contributed by atoms with Gasteiger partial charge in [0.1, 0.15) is 13.2 Å². The van der Waals surface area contributed by atoms with E-state index in [2.05, 4.69) is 34.6 Å². The highest BCUT2D eigenvalue weighted by Gasteiger charge is 2.19. The third-order valence-electron chi connectivity index (χ3n) is 15.2. The summed E-state index contributed by atoms with van der Waals surface area (Å²) >= 11 is 0. The molecule has 0 radical (unpaired) electrons. The molecule has 0 saturated carbocycles. The van der Waals surface area contributed by atoms with Crippen LogP contribution in [0.15, 0.2) is 0 Å². The molecule has 0 unspecified atom stereocenters. The molecule has 428 valence electrons. The van der Waals surface area contributed by atoms with Gasteiger partial charge in [0, 0.05) is 19.3 Å². The molecule has 0 saturated heterocycles. The van der Waals surface area contributed by atoms with Crippen molar-refractivity contribution >= 4 is 17.9 Å². The highest BCUT2D eigenvalue weighted by Crippen LogP contribution is 2.19. The summed E-state index contributed by atoms with van der Waals surface area (Å²) in [6.45, 7) is 11.5. The summed E-state index contributed by atoms with van der Waals surface area (Å²) in [5.41, 5.74) is 0. The van der Waals surface area contributed by atoms with Crippen molar-refractivity contribution in [2.75, 3.05) is 13.2 Å². The first-order chi connectivity index (χ1) is 35.2. The molecule has 72 heavy (non-hydrogen) atoms. The van der Waals surface area contributed by atoms with Gasteiger partial charge in [0.25, 0.3) is 0 Å². The summed E-state index contributed by atoms with van der Waals surface area (Å²) in [5, 5.41) is 0. The number of ether oxygens (including phenoxy) is 3. The molecule has 0 aliphatic heterocycles. The van der Waals surface area contributed by atoms with Crippen molar-refractivity contribution in [2.24, 2.45) is 11.8 Å². The van der Waals surface area contributed by atoms with Gasteiger partial charge in [0.2, 0.25) is 0 Å². The fourth-order valence-corrected chi connectivity index (χ4v) is 10.3. The second-order valence-corrected chi connectivity index (χ2v) is 23.7. The lowest BCUT2D eigenvalue weighted by molar-refractivity contribution is -0.167. The monoisotopic (exact) mass is 1020 g/mol. The highest BCUT2D eigenvalue weighted by atomic mass is 16.6. The zero-order valence-corrected chi connectivity index (χ0v) is 49.6. The van der Waals surface area contributed by atoms with Crippen molar-refractivity contribution in [3.05, 3.63) is 0 Å². The van der Waals surface area contributed by atoms with E-state index >= 15 is 0 Å². The van der Waals surface area contributed by atoms with Crippen molar-refractivity contribution < 1.29 is 28.6 Å². The predicted molar refractivity (Wildman–Crippen MR) is 312 cm³/mol. The summed E-state index contributed by atoms with van der Waals surface area (Å²) in [7, 11) is 0. The number of carbonyl (C=O) groups is 3. The summed E-state index contributed by atoms with van der Waals surface area (Å²) < 4.78 is 17.0. The quantitative estimate of drug-likeness (QED) is 0.0343. The Balaban J connectivity index is 4.29. The van der Waals surface area contributed by atoms with Gasteiger partial charge in [-0.1, -0.05) is 336 Å². The van der Waals surface area contributed by atoms with E-state index in [1.807, 2.05) is 0 Å². The topological polar surface area (TPSA) is 78.9 Å². The van der Waals surface area contributed by atoms with E-state index in [0.29, 0.717) is 19.3 Å². The van der Waals surface area contributed by atoms with Crippen LogP contribution in [0.25, 0.3) is 0 Å². The van der Waals surface area contributed by atoms with Crippen LogP contribution in [-0.2, 0) is 28.6 Å². The van der Waals surface area contributed by atoms with Crippen molar-refractivity contribution in [2.45, 2.75) is 381 Å². The number of hydrogen-bond acceptors (Lipinski definition) is 6. The number of hydrogen-bond donors (Lipinski definition) is 0. The third kappa shape index (κ3) is 59.3. The molecule has 0 aromatic carbocycles. The Labute approximate surface area is 450 Å². The van der Waals surface area contributed by atoms with Crippen LogP contribution in [0.5, 0.6) is 0 Å². The molecule has 0 aliphatic rings. The van der Waals surface area contributed by atoms with Crippen LogP contribution in [0, 0.1) is 11.8 Å². The molecule has 0 aliphatic carbocycles. The lowest BCUT2D eigenvalue weighted by atomic mass is 10.0. The molecule has 0 N–H and O–H groups in total. The maximum Gasteiger partial charge on any atom is 0.306 e. The molecule has 0 fully saturated rings. The average molecular weight is 1020 g/mol. The van der Waals surface area contributed by atoms with Crippen LogP contribution in [-0.4, -0.2) is 37.2 Å². The zero-order valence-electron chi connectivity index (χ0n) is 49.6. The first-order valence-corrected chi connectivity index (χ1v) is 32.7. The van der Waals surface area contributed by atoms with E-state index in [9.17, 15) is 14.4 Å². The summed E-state index contributed by atoms with van der Waals surface area (Å²) in [6, 6.07) is 0. The minimum absolute atomic E-state index is 0.0616. The number of esters is 3. The SMILES string of the molecule is CCCCCCCCCCCCCCCCCCCCCC(=O)OC[C@H](COC(=O)CCCCCCCCCCCCCCCCC(C)C)OC(=O)CCCCCCCCCCCCCCCCCC(C)C. The standard InChI is InChI=1S/C66H128O6/c1-6-7-8-9-10-11-12-13-14-15-16-17-20-26-31-36-41-46-51-56-64(67)70-59-63(60-71-65(68)57-52-47-42-37-32-27-23-22-25-30-35-40-45-50-55-62(4)5)72-66(69)58-53-48-43-38-33-28-21-18-19-24-29-34-39-44-49-54-61(2)3/h61-63H,6-60H2,1-5H3/t63-/m1/s1. The molecule has 0 amide bonds. The molecule has 6 nitrogen and oxygen atoms in total. The molecule has 0 bridgehead atoms. The Hall–Kier alpha value is -1.59. The molecular weight excluding hydrogens is 889 g/mol. The van der Waals surface area contributed by atoms with Gasteiger partial charge in [0.05, 0.1) is 0 Å². The van der Waals surface area contributed by atoms with Gasteiger partial charge >= 0.3 is 17.9 Å². The fraction of sp³-hybridized carbons (Fsp3) is 0.955. The Bertz CT molecular complexity index is 1100. The Morgan fingerprint density at radius 2 is 0.458 bits per heavy atom. The maximum absolute atomic E-state index is 12.9. The van der Waals surface area contributed by atoms with Gasteiger partial charge < -0.3 is 14.2 Å². The predicted octanol–water partition coefficient (Wildman–Crippen LogP) is 22.0. The lowest BCUT2D eigenvalue weighted by Crippen LogP contribution is -2.30. The first kappa shape index (κ1) is 70.4. The fourth-order valence-electron chi connectivity index (χ4n) is 10.3. The van der Waals surface area contributed by atoms with Crippen LogP contribution < -0.4 is 0 Å². The van der Waals surface area contributed by atoms with Gasteiger partial charge in [-0.2, -0.15) is 0 Å². The van der Waals surface area contributed by atoms with Crippen LogP contribution >= 0.6 is 0 Å². The number of carbonyl (C=O) groups excluding carboxylic acids is 3. The molecule has 6 heteroatoms. The maximum atomic E-state index is 12.9. The third-order valence-corrected chi connectivity index (χ3v) is 15.2. The molecule has 0 aromatic rings. The van der Waals surface area contributed by atoms with Gasteiger partial charge in [-0.05, 0) is 31.1 Å². The first-order valence-electron chi connectivity index (χ1n) is 32.7. The second kappa shape index (κ2) is 58.7. The second-order valence-electron chi connectivity index (χ2n) is 23.7. The van der Waals surface area contributed by atoms with Crippen LogP contribution in [0.3, 0.4) is 0 Å². The van der Waals surface area contributed by atoms with Gasteiger partial charge in [-0.3, -0.25) is 14.4 Å². The van der Waals surface area contributed by atoms with E-state index < -0.39 is 6.10 Å². The van der Waals surface area contributed by atoms with E-state index in [1.165, 1.54) is 263 Å². The normalized spacial score (nSPS) is 12.0. The number of unbranched alkanes of at least 4 members (excludes halogenated alkanes) is 45. The average Bonchev–Trinajstić information content (AvgIpc) is 3.36. The van der Waals surface area contributed by atoms with E-state index in [1.54, 1.807) is 0 Å². The minimum Gasteiger partial charge on any atom is -0.462 e. The van der Waals surface area contributed by atoms with Crippen molar-refractivity contribution in [1.29, 1.82) is 0 Å². The summed E-state index contributed by atoms with van der Waals surface area (Å²) in [5.74, 6) is 0.863. The summed E-state index contributed by atoms with van der Waals surface area (Å²) in [4.78, 5) is 38.4. The minimum atomic E-state index is -0.764. The lowest BCUT2D eigenvalue weighted by Gasteiger charge is -2.18. The molecule has 0 heterocycles. The highest BCUT2D eigenvalue weighted by molar-refractivity contribution is 5.71. The van der Waals surface area contributed by atoms with Crippen LogP contribution in [0.1, 0.15) is 375 Å². The van der Waals surface area contributed by atoms with E-state index in [4.69, 9.17) is 14.2 Å². The summed E-state index contributed by atoms with van der Waals surface area (Å²) in [6.07, 6.45) is 65.3. The van der Waals surface area contributed by atoms with E-state index in [0.717, 1.165) is 69.6 Å². The molecule has 0 spiro atoms. The van der Waals surface area contributed by atoms with Crippen molar-refractivity contribution in [3.8, 4) is 0 Å². The Morgan fingerprint density at radius 3 is 0.681 bits per heavy atom. The molecule has 0 rings (SSSR count). The van der Waals surface area contributed by atoms with Crippen LogP contribution in [0.2, 0.25) is 0 Å². The van der Waals surface area contributed by atoms with Gasteiger partial charge in [-0.15, -0.1) is 0 Å². The largest absolute Gasteiger partial charge is 0.462 e. The van der Waals surface area contributed by atoms with Crippen LogP contribution in [0.4, 0.5) is 0 Å². The Kier molecular flexibility index (Phi) is 57.4. The van der Waals surface area contributed by atoms with Gasteiger partial charge in [-0.25, -0.2) is 0 Å². The van der Waals surface area contributed by atoms with Gasteiger partial charge in [0.15, 0.2) is 6.10 Å². The number of rotatable bonds is 60.